The fourth-order valence-corrected chi connectivity index (χ4v) is 2.45. The molecule has 1 saturated heterocycles. The van der Waals surface area contributed by atoms with Crippen LogP contribution in [-0.4, -0.2) is 47.5 Å². The van der Waals surface area contributed by atoms with E-state index in [2.05, 4.69) is 0 Å². The Morgan fingerprint density at radius 1 is 1.40 bits per heavy atom. The number of hydrogen-bond donors (Lipinski definition) is 1. The molecule has 1 N–H and O–H groups in total. The van der Waals surface area contributed by atoms with Crippen LogP contribution in [-0.2, 0) is 10.1 Å². The quantitative estimate of drug-likeness (QED) is 0.408. The van der Waals surface area contributed by atoms with Crippen LogP contribution in [0.4, 0.5) is 0 Å². The average molecular weight is 245 g/mol. The smallest absolute Gasteiger partial charge is 0.746 e. The van der Waals surface area contributed by atoms with Crippen molar-refractivity contribution < 1.29 is 47.6 Å². The fraction of sp³-hybridized carbons (Fsp3) is 1.00. The Kier molecular flexibility index (Phi) is 6.28. The van der Waals surface area contributed by atoms with Crippen molar-refractivity contribution in [3.05, 3.63) is 0 Å². The van der Waals surface area contributed by atoms with Gasteiger partial charge in [0.25, 0.3) is 0 Å². The van der Waals surface area contributed by atoms with Gasteiger partial charge in [-0.25, -0.2) is 8.42 Å². The summed E-state index contributed by atoms with van der Waals surface area (Å²) >= 11 is 0. The van der Waals surface area contributed by atoms with Crippen molar-refractivity contribution in [2.75, 3.05) is 19.6 Å². The Labute approximate surface area is 113 Å². The molecule has 7 heteroatoms. The van der Waals surface area contributed by atoms with Gasteiger partial charge in [0.15, 0.2) is 4.93 Å². The summed E-state index contributed by atoms with van der Waals surface area (Å²) in [5.74, 6) is 0. The maximum absolute atomic E-state index is 10.8. The maximum Gasteiger partial charge on any atom is 1.00 e. The summed E-state index contributed by atoms with van der Waals surface area (Å²) < 4.78 is 32.5. The van der Waals surface area contributed by atoms with Gasteiger partial charge in [-0.3, -0.25) is 0 Å². The van der Waals surface area contributed by atoms with Crippen LogP contribution in [0.2, 0.25) is 0 Å². The van der Waals surface area contributed by atoms with Crippen LogP contribution in [0.1, 0.15) is 26.2 Å². The second-order valence-electron chi connectivity index (χ2n) is 3.69. The van der Waals surface area contributed by atoms with Crippen LogP contribution < -0.4 is 29.6 Å². The first-order valence-electron chi connectivity index (χ1n) is 4.79. The van der Waals surface area contributed by atoms with Gasteiger partial charge in [0.2, 0.25) is 0 Å². The van der Waals surface area contributed by atoms with Gasteiger partial charge in [0, 0.05) is 13.0 Å². The fourth-order valence-electron chi connectivity index (χ4n) is 1.71. The van der Waals surface area contributed by atoms with E-state index in [-0.39, 0.29) is 42.4 Å². The Morgan fingerprint density at radius 3 is 2.47 bits per heavy atom. The predicted octanol–water partition coefficient (Wildman–Crippen LogP) is -3.27. The second kappa shape index (κ2) is 5.95. The number of likely N-dealkylation sites (tertiary alicyclic amines) is 1. The monoisotopic (exact) mass is 245 g/mol. The summed E-state index contributed by atoms with van der Waals surface area (Å²) in [6, 6.07) is 0. The first-order valence-corrected chi connectivity index (χ1v) is 6.20. The van der Waals surface area contributed by atoms with Gasteiger partial charge >= 0.3 is 29.6 Å². The summed E-state index contributed by atoms with van der Waals surface area (Å²) in [7, 11) is -4.60. The van der Waals surface area contributed by atoms with E-state index in [1.165, 1.54) is 0 Å². The Balaban J connectivity index is 0.00000196. The summed E-state index contributed by atoms with van der Waals surface area (Å²) in [5, 5.41) is 9.67. The number of hydrogen-bond acceptors (Lipinski definition) is 5. The van der Waals surface area contributed by atoms with Crippen LogP contribution >= 0.6 is 0 Å². The normalized spacial score (nSPS) is 29.3. The first-order chi connectivity index (χ1) is 6.39. The van der Waals surface area contributed by atoms with Gasteiger partial charge in [-0.15, -0.1) is 0 Å². The molecule has 1 unspecified atom stereocenters. The van der Waals surface area contributed by atoms with Crippen LogP contribution in [0.15, 0.2) is 0 Å². The largest absolute Gasteiger partial charge is 1.00 e. The number of rotatable bonds is 2. The van der Waals surface area contributed by atoms with E-state index >= 15 is 0 Å². The zero-order valence-corrected chi connectivity index (χ0v) is 12.1. The van der Waals surface area contributed by atoms with Crippen molar-refractivity contribution in [1.29, 1.82) is 0 Å². The van der Waals surface area contributed by atoms with Crippen LogP contribution in [0.3, 0.4) is 0 Å². The first kappa shape index (κ1) is 15.8. The molecule has 0 aromatic rings. The van der Waals surface area contributed by atoms with Crippen LogP contribution in [0.25, 0.3) is 0 Å². The van der Waals surface area contributed by atoms with Crippen molar-refractivity contribution in [1.82, 2.24) is 4.90 Å². The van der Waals surface area contributed by atoms with Crippen molar-refractivity contribution in [3.8, 4) is 0 Å². The molecular weight excluding hydrogens is 229 g/mol. The molecule has 1 aliphatic heterocycles. The summed E-state index contributed by atoms with van der Waals surface area (Å²) in [4.78, 5) is -0.0138. The van der Waals surface area contributed by atoms with E-state index in [0.29, 0.717) is 13.0 Å². The molecule has 0 amide bonds. The Morgan fingerprint density at radius 2 is 2.00 bits per heavy atom. The second-order valence-corrected chi connectivity index (χ2v) is 5.36. The van der Waals surface area contributed by atoms with E-state index in [1.807, 2.05) is 11.8 Å². The Hall–Kier alpha value is 0.830. The third kappa shape index (κ3) is 3.96. The zero-order chi connectivity index (χ0) is 10.8. The molecule has 0 spiro atoms. The minimum absolute atomic E-state index is 0. The van der Waals surface area contributed by atoms with Crippen LogP contribution in [0, 0.1) is 0 Å². The van der Waals surface area contributed by atoms with Gasteiger partial charge in [-0.2, -0.15) is 0 Å². The third-order valence-corrected chi connectivity index (χ3v) is 4.11. The van der Waals surface area contributed by atoms with E-state index in [9.17, 15) is 18.1 Å². The van der Waals surface area contributed by atoms with E-state index in [0.717, 1.165) is 13.1 Å². The van der Waals surface area contributed by atoms with Crippen molar-refractivity contribution in [3.63, 3.8) is 0 Å². The third-order valence-electron chi connectivity index (χ3n) is 2.77. The molecule has 1 aliphatic rings. The molecule has 0 aliphatic carbocycles. The van der Waals surface area contributed by atoms with Gasteiger partial charge in [0.05, 0.1) is 0 Å². The summed E-state index contributed by atoms with van der Waals surface area (Å²) in [6.07, 6.45) is 0.619. The van der Waals surface area contributed by atoms with Crippen molar-refractivity contribution >= 4 is 10.1 Å². The molecule has 0 aromatic carbocycles. The molecular formula is C8H16NNaO4S. The summed E-state index contributed by atoms with van der Waals surface area (Å²) in [5.41, 5.74) is 0. The van der Waals surface area contributed by atoms with Crippen molar-refractivity contribution in [2.24, 2.45) is 0 Å². The van der Waals surface area contributed by atoms with Crippen LogP contribution in [0.5, 0.6) is 0 Å². The van der Waals surface area contributed by atoms with Gasteiger partial charge in [-0.05, 0) is 25.9 Å². The SMILES string of the molecule is CCN1CCCC(O)(S(=O)(=O)[O-])CC1.[Na+]. The number of nitrogens with zero attached hydrogens (tertiary/aromatic N) is 1. The van der Waals surface area contributed by atoms with E-state index < -0.39 is 15.1 Å². The molecule has 5 nitrogen and oxygen atoms in total. The minimum atomic E-state index is -4.60. The minimum Gasteiger partial charge on any atom is -0.746 e. The molecule has 0 aromatic heterocycles. The molecule has 15 heavy (non-hydrogen) atoms. The molecule has 1 rings (SSSR count). The van der Waals surface area contributed by atoms with E-state index in [1.54, 1.807) is 0 Å². The van der Waals surface area contributed by atoms with Gasteiger partial charge in [0.1, 0.15) is 10.1 Å². The molecule has 0 bridgehead atoms. The molecule has 84 valence electrons. The van der Waals surface area contributed by atoms with Gasteiger partial charge < -0.3 is 14.6 Å². The average Bonchev–Trinajstić information content (AvgIpc) is 2.27. The molecule has 0 radical (unpaired) electrons. The maximum atomic E-state index is 10.8. The van der Waals surface area contributed by atoms with Gasteiger partial charge in [-0.1, -0.05) is 6.92 Å². The Bertz CT molecular complexity index is 295. The zero-order valence-electron chi connectivity index (χ0n) is 9.27. The molecule has 1 atom stereocenters. The molecule has 0 saturated carbocycles. The number of aliphatic hydroxyl groups is 1. The predicted molar refractivity (Wildman–Crippen MR) is 50.6 cm³/mol. The van der Waals surface area contributed by atoms with Crippen molar-refractivity contribution in [2.45, 2.75) is 31.1 Å². The standard InChI is InChI=1S/C8H17NO4S.Na/c1-2-9-6-3-4-8(10,5-7-9)14(11,12)13;/h10H,2-7H2,1H3,(H,11,12,13);/q;+1/p-1. The molecule has 1 heterocycles. The summed E-state index contributed by atoms with van der Waals surface area (Å²) in [6.45, 7) is 3.99. The molecule has 1 fully saturated rings. The van der Waals surface area contributed by atoms with E-state index in [4.69, 9.17) is 0 Å². The topological polar surface area (TPSA) is 80.7 Å².